The van der Waals surface area contributed by atoms with E-state index >= 15 is 0 Å². The number of aromatic nitrogens is 2. The van der Waals surface area contributed by atoms with E-state index in [0.717, 1.165) is 12.8 Å². The lowest BCUT2D eigenvalue weighted by Crippen LogP contribution is -2.08. The van der Waals surface area contributed by atoms with Gasteiger partial charge in [-0.25, -0.2) is 4.98 Å². The summed E-state index contributed by atoms with van der Waals surface area (Å²) in [5.41, 5.74) is 3.87. The van der Waals surface area contributed by atoms with Crippen molar-refractivity contribution < 1.29 is 0 Å². The second-order valence-corrected chi connectivity index (χ2v) is 5.30. The van der Waals surface area contributed by atoms with Gasteiger partial charge in [0, 0.05) is 12.4 Å². The van der Waals surface area contributed by atoms with E-state index in [9.17, 15) is 0 Å². The van der Waals surface area contributed by atoms with Crippen molar-refractivity contribution >= 4 is 0 Å². The Labute approximate surface area is 126 Å². The zero-order valence-electron chi connectivity index (χ0n) is 12.3. The van der Waals surface area contributed by atoms with Crippen molar-refractivity contribution in [3.8, 4) is 11.1 Å². The van der Waals surface area contributed by atoms with Crippen molar-refractivity contribution in [3.63, 3.8) is 0 Å². The van der Waals surface area contributed by atoms with Crippen LogP contribution in [-0.4, -0.2) is 9.55 Å². The molecule has 21 heavy (non-hydrogen) atoms. The van der Waals surface area contributed by atoms with Gasteiger partial charge in [0.05, 0.1) is 12.4 Å². The second-order valence-electron chi connectivity index (χ2n) is 5.30. The van der Waals surface area contributed by atoms with Crippen LogP contribution in [0.1, 0.15) is 31.4 Å². The van der Waals surface area contributed by atoms with Gasteiger partial charge >= 0.3 is 0 Å². The van der Waals surface area contributed by atoms with Crippen LogP contribution in [0, 0.1) is 0 Å². The van der Waals surface area contributed by atoms with Crippen LogP contribution in [0.5, 0.6) is 0 Å². The average Bonchev–Trinajstić information content (AvgIpc) is 3.08. The summed E-state index contributed by atoms with van der Waals surface area (Å²) in [7, 11) is 0. The third-order valence-corrected chi connectivity index (χ3v) is 3.85. The predicted molar refractivity (Wildman–Crippen MR) is 87.2 cm³/mol. The lowest BCUT2D eigenvalue weighted by atomic mass is 9.98. The maximum absolute atomic E-state index is 4.18. The maximum atomic E-state index is 4.18. The van der Waals surface area contributed by atoms with Crippen LogP contribution >= 0.6 is 0 Å². The molecule has 0 radical (unpaired) electrons. The molecule has 2 aromatic carbocycles. The van der Waals surface area contributed by atoms with Gasteiger partial charge in [0.25, 0.3) is 0 Å². The van der Waals surface area contributed by atoms with E-state index in [4.69, 9.17) is 0 Å². The standard InChI is InChI=1S/C19H20N2/c1-2-6-19(21-14-13-20-15-21)18-11-9-17(10-12-18)16-7-4-3-5-8-16/h3-5,7-15,19H,2,6H2,1H3. The molecule has 0 aliphatic heterocycles. The van der Waals surface area contributed by atoms with E-state index < -0.39 is 0 Å². The molecule has 0 aliphatic carbocycles. The Bertz CT molecular complexity index is 655. The summed E-state index contributed by atoms with van der Waals surface area (Å²) < 4.78 is 2.20. The molecule has 1 aromatic heterocycles. The van der Waals surface area contributed by atoms with Crippen LogP contribution < -0.4 is 0 Å². The highest BCUT2D eigenvalue weighted by atomic mass is 15.0. The van der Waals surface area contributed by atoms with Crippen LogP contribution in [0.2, 0.25) is 0 Å². The summed E-state index contributed by atoms with van der Waals surface area (Å²) in [6.45, 7) is 2.22. The van der Waals surface area contributed by atoms with Crippen molar-refractivity contribution in [3.05, 3.63) is 78.9 Å². The quantitative estimate of drug-likeness (QED) is 0.645. The third kappa shape index (κ3) is 3.05. The Morgan fingerprint density at radius 1 is 0.952 bits per heavy atom. The fourth-order valence-electron chi connectivity index (χ4n) is 2.74. The smallest absolute Gasteiger partial charge is 0.0951 e. The first-order valence-corrected chi connectivity index (χ1v) is 7.51. The molecular weight excluding hydrogens is 256 g/mol. The molecule has 3 aromatic rings. The highest BCUT2D eigenvalue weighted by Gasteiger charge is 2.12. The number of imidazole rings is 1. The van der Waals surface area contributed by atoms with Gasteiger partial charge in [-0.15, -0.1) is 0 Å². The Balaban J connectivity index is 1.89. The third-order valence-electron chi connectivity index (χ3n) is 3.85. The largest absolute Gasteiger partial charge is 0.330 e. The van der Waals surface area contributed by atoms with Crippen LogP contribution in [-0.2, 0) is 0 Å². The molecule has 2 nitrogen and oxygen atoms in total. The maximum Gasteiger partial charge on any atom is 0.0951 e. The number of hydrogen-bond donors (Lipinski definition) is 0. The van der Waals surface area contributed by atoms with Crippen molar-refractivity contribution in [2.24, 2.45) is 0 Å². The van der Waals surface area contributed by atoms with E-state index in [2.05, 4.69) is 65.0 Å². The minimum Gasteiger partial charge on any atom is -0.330 e. The summed E-state index contributed by atoms with van der Waals surface area (Å²) in [5.74, 6) is 0. The Morgan fingerprint density at radius 3 is 2.29 bits per heavy atom. The molecule has 0 N–H and O–H groups in total. The normalized spacial score (nSPS) is 12.2. The van der Waals surface area contributed by atoms with E-state index in [0.29, 0.717) is 6.04 Å². The van der Waals surface area contributed by atoms with E-state index in [1.165, 1.54) is 16.7 Å². The molecule has 0 amide bonds. The molecule has 1 atom stereocenters. The molecule has 0 aliphatic rings. The zero-order chi connectivity index (χ0) is 14.5. The molecule has 0 spiro atoms. The van der Waals surface area contributed by atoms with Gasteiger partial charge in [-0.1, -0.05) is 67.9 Å². The van der Waals surface area contributed by atoms with Crippen LogP contribution in [0.4, 0.5) is 0 Å². The van der Waals surface area contributed by atoms with Gasteiger partial charge < -0.3 is 4.57 Å². The first-order chi connectivity index (χ1) is 10.4. The summed E-state index contributed by atoms with van der Waals surface area (Å²) >= 11 is 0. The Morgan fingerprint density at radius 2 is 1.67 bits per heavy atom. The van der Waals surface area contributed by atoms with Gasteiger partial charge in [-0.05, 0) is 23.1 Å². The highest BCUT2D eigenvalue weighted by Crippen LogP contribution is 2.26. The van der Waals surface area contributed by atoms with Crippen LogP contribution in [0.25, 0.3) is 11.1 Å². The topological polar surface area (TPSA) is 17.8 Å². The predicted octanol–water partition coefficient (Wildman–Crippen LogP) is 4.94. The van der Waals surface area contributed by atoms with Crippen molar-refractivity contribution in [1.29, 1.82) is 0 Å². The minimum absolute atomic E-state index is 0.377. The molecule has 1 heterocycles. The van der Waals surface area contributed by atoms with Crippen molar-refractivity contribution in [1.82, 2.24) is 9.55 Å². The molecule has 0 saturated carbocycles. The van der Waals surface area contributed by atoms with Gasteiger partial charge in [0.2, 0.25) is 0 Å². The second kappa shape index (κ2) is 6.40. The average molecular weight is 276 g/mol. The Hall–Kier alpha value is -2.35. The number of nitrogens with zero attached hydrogens (tertiary/aromatic N) is 2. The fourth-order valence-corrected chi connectivity index (χ4v) is 2.74. The Kier molecular flexibility index (Phi) is 4.15. The molecule has 0 saturated heterocycles. The van der Waals surface area contributed by atoms with Crippen LogP contribution in [0.15, 0.2) is 73.3 Å². The number of rotatable bonds is 5. The van der Waals surface area contributed by atoms with Crippen molar-refractivity contribution in [2.75, 3.05) is 0 Å². The summed E-state index contributed by atoms with van der Waals surface area (Å²) in [6.07, 6.45) is 8.09. The molecule has 1 unspecified atom stereocenters. The summed E-state index contributed by atoms with van der Waals surface area (Å²) in [5, 5.41) is 0. The van der Waals surface area contributed by atoms with Crippen molar-refractivity contribution in [2.45, 2.75) is 25.8 Å². The molecule has 2 heteroatoms. The van der Waals surface area contributed by atoms with Gasteiger partial charge in [-0.2, -0.15) is 0 Å². The van der Waals surface area contributed by atoms with E-state index in [-0.39, 0.29) is 0 Å². The lowest BCUT2D eigenvalue weighted by molar-refractivity contribution is 0.533. The van der Waals surface area contributed by atoms with Gasteiger partial charge in [0.1, 0.15) is 0 Å². The molecule has 106 valence electrons. The summed E-state index contributed by atoms with van der Waals surface area (Å²) in [4.78, 5) is 4.18. The first-order valence-electron chi connectivity index (χ1n) is 7.51. The van der Waals surface area contributed by atoms with E-state index in [1.54, 1.807) is 0 Å². The SMILES string of the molecule is CCCC(c1ccc(-c2ccccc2)cc1)n1ccnc1. The first kappa shape index (κ1) is 13.6. The number of benzene rings is 2. The minimum atomic E-state index is 0.377. The molecule has 0 fully saturated rings. The zero-order valence-corrected chi connectivity index (χ0v) is 12.3. The monoisotopic (exact) mass is 276 g/mol. The highest BCUT2D eigenvalue weighted by molar-refractivity contribution is 5.63. The molecule has 0 bridgehead atoms. The van der Waals surface area contributed by atoms with Gasteiger partial charge in [-0.3, -0.25) is 0 Å². The number of hydrogen-bond acceptors (Lipinski definition) is 1. The van der Waals surface area contributed by atoms with Gasteiger partial charge in [0.15, 0.2) is 0 Å². The molecular formula is C19H20N2. The summed E-state index contributed by atoms with van der Waals surface area (Å²) in [6, 6.07) is 19.8. The van der Waals surface area contributed by atoms with Crippen LogP contribution in [0.3, 0.4) is 0 Å². The lowest BCUT2D eigenvalue weighted by Gasteiger charge is -2.18. The van der Waals surface area contributed by atoms with E-state index in [1.807, 2.05) is 24.8 Å². The fraction of sp³-hybridized carbons (Fsp3) is 0.211. The molecule has 3 rings (SSSR count).